The maximum absolute atomic E-state index is 14.4. The molecule has 0 unspecified atom stereocenters. The van der Waals surface area contributed by atoms with Crippen molar-refractivity contribution < 1.29 is 23.9 Å². The molecule has 9 nitrogen and oxygen atoms in total. The molecule has 0 radical (unpaired) electrons. The average molecular weight is 594 g/mol. The molecule has 1 amide bonds. The smallest absolute Gasteiger partial charge is 0.338 e. The first-order valence-corrected chi connectivity index (χ1v) is 14.7. The average Bonchev–Trinajstić information content (AvgIpc) is 3.49. The van der Waals surface area contributed by atoms with Gasteiger partial charge in [0.05, 0.1) is 41.8 Å². The van der Waals surface area contributed by atoms with E-state index in [4.69, 9.17) is 14.5 Å². The SMILES string of the molecule is CCOC(=O)CN1C(=O)/C(=c2/sc3n(c2=O)[C@H](c2ccccc2)C(C(=O)OCC)=C(c2ccccc2)N=3)c2ccccc21. The van der Waals surface area contributed by atoms with E-state index in [-0.39, 0.29) is 35.4 Å². The highest BCUT2D eigenvalue weighted by Gasteiger charge is 2.38. The highest BCUT2D eigenvalue weighted by molar-refractivity contribution is 7.07. The Morgan fingerprint density at radius 1 is 0.860 bits per heavy atom. The number of aromatic nitrogens is 1. The summed E-state index contributed by atoms with van der Waals surface area (Å²) >= 11 is 1.08. The molecule has 1 aromatic heterocycles. The minimum Gasteiger partial charge on any atom is -0.465 e. The number of esters is 2. The summed E-state index contributed by atoms with van der Waals surface area (Å²) in [5.74, 6) is -1.62. The summed E-state index contributed by atoms with van der Waals surface area (Å²) in [5.41, 5.74) is 2.76. The first-order chi connectivity index (χ1) is 20.9. The number of hydrogen-bond acceptors (Lipinski definition) is 8. The molecule has 1 atom stereocenters. The van der Waals surface area contributed by atoms with Crippen molar-refractivity contribution in [2.75, 3.05) is 24.7 Å². The number of amides is 1. The van der Waals surface area contributed by atoms with Crippen LogP contribution in [-0.4, -0.2) is 42.2 Å². The van der Waals surface area contributed by atoms with E-state index < -0.39 is 29.4 Å². The van der Waals surface area contributed by atoms with Crippen LogP contribution in [0, 0.1) is 0 Å². The van der Waals surface area contributed by atoms with E-state index in [2.05, 4.69) is 0 Å². The maximum atomic E-state index is 14.4. The summed E-state index contributed by atoms with van der Waals surface area (Å²) in [5, 5.41) is 0. The maximum Gasteiger partial charge on any atom is 0.338 e. The van der Waals surface area contributed by atoms with Crippen molar-refractivity contribution in [2.45, 2.75) is 19.9 Å². The van der Waals surface area contributed by atoms with Gasteiger partial charge in [-0.1, -0.05) is 90.2 Å². The molecule has 0 saturated carbocycles. The van der Waals surface area contributed by atoms with Gasteiger partial charge in [-0.2, -0.15) is 0 Å². The lowest BCUT2D eigenvalue weighted by atomic mass is 9.93. The Bertz CT molecular complexity index is 1960. The van der Waals surface area contributed by atoms with E-state index >= 15 is 0 Å². The number of nitrogens with zero attached hydrogens (tertiary/aromatic N) is 3. The minimum absolute atomic E-state index is 0.141. The van der Waals surface area contributed by atoms with Gasteiger partial charge in [0, 0.05) is 11.1 Å². The standard InChI is InChI=1S/C33H27N3O6S/c1-3-41-24(37)19-35-23-18-12-11-17-22(23)25(30(35)38)29-31(39)36-28(21-15-9-6-10-16-21)26(32(40)42-4-2)27(34-33(36)43-29)20-13-7-5-8-14-20/h5-18,28H,3-4,19H2,1-2H3/b29-25+/t28-/m1/s1. The quantitative estimate of drug-likeness (QED) is 0.305. The fraction of sp³-hybridized carbons (Fsp3) is 0.182. The van der Waals surface area contributed by atoms with Gasteiger partial charge < -0.3 is 9.47 Å². The van der Waals surface area contributed by atoms with Crippen molar-refractivity contribution in [1.29, 1.82) is 0 Å². The van der Waals surface area contributed by atoms with Crippen LogP contribution in [0.15, 0.2) is 100 Å². The van der Waals surface area contributed by atoms with Crippen LogP contribution >= 0.6 is 11.3 Å². The molecular formula is C33H27N3O6S. The third-order valence-electron chi connectivity index (χ3n) is 7.21. The van der Waals surface area contributed by atoms with Gasteiger partial charge in [0.2, 0.25) is 0 Å². The fourth-order valence-corrected chi connectivity index (χ4v) is 6.52. The first kappa shape index (κ1) is 28.0. The molecule has 2 aliphatic heterocycles. The molecule has 2 aliphatic rings. The molecule has 3 aromatic carbocycles. The van der Waals surface area contributed by atoms with E-state index in [9.17, 15) is 19.2 Å². The number of carbonyl (C=O) groups excluding carboxylic acids is 3. The second kappa shape index (κ2) is 11.7. The second-order valence-electron chi connectivity index (χ2n) is 9.75. The van der Waals surface area contributed by atoms with E-state index in [0.29, 0.717) is 32.9 Å². The Hall–Kier alpha value is -5.09. The number of benzene rings is 3. The van der Waals surface area contributed by atoms with Crippen molar-refractivity contribution in [1.82, 2.24) is 4.57 Å². The Labute approximate surface area is 250 Å². The summed E-state index contributed by atoms with van der Waals surface area (Å²) in [6.07, 6.45) is 0. The van der Waals surface area contributed by atoms with Gasteiger partial charge in [-0.15, -0.1) is 0 Å². The minimum atomic E-state index is -0.858. The van der Waals surface area contributed by atoms with E-state index in [1.165, 1.54) is 9.47 Å². The van der Waals surface area contributed by atoms with Crippen LogP contribution in [0.1, 0.15) is 36.6 Å². The fourth-order valence-electron chi connectivity index (χ4n) is 5.43. The van der Waals surface area contributed by atoms with Crippen LogP contribution in [0.4, 0.5) is 5.69 Å². The molecule has 10 heteroatoms. The number of ether oxygens (including phenoxy) is 2. The van der Waals surface area contributed by atoms with Crippen molar-refractivity contribution >= 4 is 46.1 Å². The lowest BCUT2D eigenvalue weighted by Gasteiger charge is -2.25. The molecule has 0 fully saturated rings. The second-order valence-corrected chi connectivity index (χ2v) is 10.7. The van der Waals surface area contributed by atoms with Crippen LogP contribution in [0.3, 0.4) is 0 Å². The van der Waals surface area contributed by atoms with Gasteiger partial charge in [-0.05, 0) is 25.5 Å². The summed E-state index contributed by atoms with van der Waals surface area (Å²) in [6.45, 7) is 3.45. The Morgan fingerprint density at radius 3 is 2.21 bits per heavy atom. The van der Waals surface area contributed by atoms with Crippen molar-refractivity contribution in [3.63, 3.8) is 0 Å². The molecule has 3 heterocycles. The summed E-state index contributed by atoms with van der Waals surface area (Å²) < 4.78 is 12.2. The molecule has 6 rings (SSSR count). The monoisotopic (exact) mass is 593 g/mol. The molecule has 0 saturated heterocycles. The number of hydrogen-bond donors (Lipinski definition) is 0. The normalized spacial score (nSPS) is 16.8. The molecule has 0 N–H and O–H groups in total. The van der Waals surface area contributed by atoms with Gasteiger partial charge in [0.1, 0.15) is 11.1 Å². The van der Waals surface area contributed by atoms with Crippen molar-refractivity contribution in [2.24, 2.45) is 4.99 Å². The summed E-state index contributed by atoms with van der Waals surface area (Å²) in [4.78, 5) is 60.8. The van der Waals surface area contributed by atoms with Crippen molar-refractivity contribution in [3.8, 4) is 0 Å². The zero-order valence-corrected chi connectivity index (χ0v) is 24.3. The van der Waals surface area contributed by atoms with Crippen LogP contribution in [0.25, 0.3) is 11.3 Å². The third-order valence-corrected chi connectivity index (χ3v) is 8.26. The number of para-hydroxylation sites is 1. The van der Waals surface area contributed by atoms with Gasteiger partial charge in [0.15, 0.2) is 4.80 Å². The molecule has 216 valence electrons. The van der Waals surface area contributed by atoms with E-state index in [1.54, 1.807) is 38.1 Å². The predicted octanol–water partition coefficient (Wildman–Crippen LogP) is 3.22. The lowest BCUT2D eigenvalue weighted by molar-refractivity contribution is -0.142. The number of thiazole rings is 1. The zero-order valence-electron chi connectivity index (χ0n) is 23.5. The predicted molar refractivity (Wildman–Crippen MR) is 162 cm³/mol. The van der Waals surface area contributed by atoms with E-state index in [1.807, 2.05) is 60.7 Å². The first-order valence-electron chi connectivity index (χ1n) is 13.9. The molecule has 43 heavy (non-hydrogen) atoms. The Kier molecular flexibility index (Phi) is 7.60. The van der Waals surface area contributed by atoms with E-state index in [0.717, 1.165) is 11.3 Å². The summed E-state index contributed by atoms with van der Waals surface area (Å²) in [7, 11) is 0. The molecule has 0 spiro atoms. The largest absolute Gasteiger partial charge is 0.465 e. The molecule has 4 aromatic rings. The van der Waals surface area contributed by atoms with Crippen LogP contribution in [0.5, 0.6) is 0 Å². The molecule has 0 bridgehead atoms. The topological polar surface area (TPSA) is 107 Å². The van der Waals surface area contributed by atoms with Gasteiger partial charge in [-0.25, -0.2) is 9.79 Å². The zero-order chi connectivity index (χ0) is 30.1. The number of carbonyl (C=O) groups is 3. The van der Waals surface area contributed by atoms with Gasteiger partial charge in [0.25, 0.3) is 11.5 Å². The van der Waals surface area contributed by atoms with Crippen LogP contribution in [-0.2, 0) is 23.9 Å². The summed E-state index contributed by atoms with van der Waals surface area (Å²) in [6, 6.07) is 24.6. The Balaban J connectivity index is 1.65. The molecule has 0 aliphatic carbocycles. The third kappa shape index (κ3) is 4.89. The van der Waals surface area contributed by atoms with Gasteiger partial charge in [-0.3, -0.25) is 23.9 Å². The number of anilines is 1. The number of rotatable bonds is 7. The van der Waals surface area contributed by atoms with Crippen LogP contribution in [0.2, 0.25) is 0 Å². The van der Waals surface area contributed by atoms with Crippen molar-refractivity contribution in [3.05, 3.63) is 127 Å². The number of fused-ring (bicyclic) bond motifs is 2. The molecular weight excluding hydrogens is 566 g/mol. The van der Waals surface area contributed by atoms with Gasteiger partial charge >= 0.3 is 11.9 Å². The lowest BCUT2D eigenvalue weighted by Crippen LogP contribution is -2.41. The highest BCUT2D eigenvalue weighted by Crippen LogP contribution is 2.37. The Morgan fingerprint density at radius 2 is 1.51 bits per heavy atom. The highest BCUT2D eigenvalue weighted by atomic mass is 32.1. The van der Waals surface area contributed by atoms with Crippen LogP contribution < -0.4 is 19.8 Å².